The van der Waals surface area contributed by atoms with Crippen LogP contribution < -0.4 is 14.9 Å². The molecule has 0 bridgehead atoms. The molecular formula is C24H27NO4. The normalized spacial score (nSPS) is 14.8. The Kier molecular flexibility index (Phi) is 6.15. The first-order chi connectivity index (χ1) is 14.2. The second-order valence-corrected chi connectivity index (χ2v) is 7.47. The van der Waals surface area contributed by atoms with Gasteiger partial charge in [0.05, 0.1) is 19.1 Å². The fraction of sp³-hybridized carbons (Fsp3) is 0.375. The van der Waals surface area contributed by atoms with Crippen molar-refractivity contribution in [1.82, 2.24) is 4.90 Å². The van der Waals surface area contributed by atoms with Crippen molar-refractivity contribution in [1.29, 1.82) is 0 Å². The number of nitrogens with zero attached hydrogens (tertiary/aromatic N) is 1. The number of rotatable bonds is 7. The van der Waals surface area contributed by atoms with Crippen LogP contribution in [0.15, 0.2) is 57.7 Å². The van der Waals surface area contributed by atoms with E-state index in [-0.39, 0.29) is 5.43 Å². The zero-order chi connectivity index (χ0) is 20.1. The molecule has 0 unspecified atom stereocenters. The quantitative estimate of drug-likeness (QED) is 0.544. The number of likely N-dealkylation sites (tertiary alicyclic amines) is 1. The van der Waals surface area contributed by atoms with E-state index >= 15 is 0 Å². The second kappa shape index (κ2) is 9.14. The van der Waals surface area contributed by atoms with Gasteiger partial charge in [0.1, 0.15) is 22.8 Å². The number of hydrogen-bond acceptors (Lipinski definition) is 5. The number of ether oxygens (including phenoxy) is 2. The van der Waals surface area contributed by atoms with Gasteiger partial charge in [-0.3, -0.25) is 4.79 Å². The Labute approximate surface area is 170 Å². The maximum atomic E-state index is 12.5. The highest BCUT2D eigenvalue weighted by atomic mass is 16.5. The minimum atomic E-state index is -0.0614. The summed E-state index contributed by atoms with van der Waals surface area (Å²) in [5.41, 5.74) is 1.31. The van der Waals surface area contributed by atoms with Gasteiger partial charge in [0.2, 0.25) is 0 Å². The molecule has 29 heavy (non-hydrogen) atoms. The van der Waals surface area contributed by atoms with Crippen LogP contribution in [0.1, 0.15) is 25.7 Å². The average molecular weight is 393 g/mol. The van der Waals surface area contributed by atoms with Gasteiger partial charge in [-0.1, -0.05) is 6.42 Å². The topological polar surface area (TPSA) is 51.9 Å². The lowest BCUT2D eigenvalue weighted by Gasteiger charge is -2.26. The number of methoxy groups -OCH3 is 1. The summed E-state index contributed by atoms with van der Waals surface area (Å²) in [6.07, 6.45) is 4.96. The molecule has 0 radical (unpaired) electrons. The molecule has 5 heteroatoms. The van der Waals surface area contributed by atoms with Crippen molar-refractivity contribution >= 4 is 11.0 Å². The van der Waals surface area contributed by atoms with E-state index < -0.39 is 0 Å². The molecule has 4 rings (SSSR count). The van der Waals surface area contributed by atoms with E-state index in [0.29, 0.717) is 23.3 Å². The summed E-state index contributed by atoms with van der Waals surface area (Å²) in [5.74, 6) is 2.02. The van der Waals surface area contributed by atoms with Gasteiger partial charge in [-0.2, -0.15) is 0 Å². The zero-order valence-electron chi connectivity index (χ0n) is 16.9. The third-order valence-corrected chi connectivity index (χ3v) is 5.41. The Bertz CT molecular complexity index is 1000. The van der Waals surface area contributed by atoms with Gasteiger partial charge in [0, 0.05) is 24.2 Å². The molecule has 3 aromatic rings. The van der Waals surface area contributed by atoms with Crippen LogP contribution in [0.5, 0.6) is 11.5 Å². The predicted molar refractivity (Wildman–Crippen MR) is 115 cm³/mol. The monoisotopic (exact) mass is 393 g/mol. The molecule has 2 heterocycles. The van der Waals surface area contributed by atoms with Crippen LogP contribution in [0.3, 0.4) is 0 Å². The molecule has 1 aliphatic rings. The maximum Gasteiger partial charge on any atom is 0.193 e. The zero-order valence-corrected chi connectivity index (χ0v) is 16.9. The summed E-state index contributed by atoms with van der Waals surface area (Å²) in [7, 11) is 1.62. The molecule has 1 fully saturated rings. The fourth-order valence-corrected chi connectivity index (χ4v) is 3.78. The first-order valence-corrected chi connectivity index (χ1v) is 10.3. The van der Waals surface area contributed by atoms with Crippen LogP contribution in [0.4, 0.5) is 0 Å². The molecule has 0 aliphatic carbocycles. The van der Waals surface area contributed by atoms with E-state index in [1.165, 1.54) is 38.4 Å². The van der Waals surface area contributed by atoms with Crippen LogP contribution >= 0.6 is 0 Å². The molecule has 0 saturated carbocycles. The van der Waals surface area contributed by atoms with Gasteiger partial charge < -0.3 is 18.8 Å². The summed E-state index contributed by atoms with van der Waals surface area (Å²) in [6, 6.07) is 14.4. The number of piperidine rings is 1. The Balaban J connectivity index is 1.46. The number of benzene rings is 2. The van der Waals surface area contributed by atoms with Crippen LogP contribution in [0, 0.1) is 0 Å². The molecule has 0 spiro atoms. The van der Waals surface area contributed by atoms with Crippen LogP contribution in [0.2, 0.25) is 0 Å². The molecule has 1 aromatic heterocycles. The Morgan fingerprint density at radius 1 is 0.966 bits per heavy atom. The summed E-state index contributed by atoms with van der Waals surface area (Å²) in [4.78, 5) is 15.0. The third-order valence-electron chi connectivity index (χ3n) is 5.41. The van der Waals surface area contributed by atoms with E-state index in [0.717, 1.165) is 30.0 Å². The second-order valence-electron chi connectivity index (χ2n) is 7.47. The fourth-order valence-electron chi connectivity index (χ4n) is 3.78. The van der Waals surface area contributed by atoms with E-state index in [1.807, 2.05) is 36.4 Å². The van der Waals surface area contributed by atoms with Crippen molar-refractivity contribution in [2.45, 2.75) is 25.7 Å². The van der Waals surface area contributed by atoms with Crippen molar-refractivity contribution < 1.29 is 13.9 Å². The standard InChI is InChI=1S/C24H27NO4/c1-27-19-8-6-18(7-9-19)23-17-22(26)21-11-10-20(16-24(21)29-23)28-15-5-14-25-12-3-2-4-13-25/h6-11,16-17H,2-5,12-15H2,1H3. The molecule has 2 aromatic carbocycles. The molecule has 1 aliphatic heterocycles. The molecule has 152 valence electrons. The minimum Gasteiger partial charge on any atom is -0.497 e. The van der Waals surface area contributed by atoms with E-state index in [2.05, 4.69) is 4.90 Å². The molecule has 0 atom stereocenters. The van der Waals surface area contributed by atoms with Crippen molar-refractivity contribution in [2.75, 3.05) is 33.4 Å². The summed E-state index contributed by atoms with van der Waals surface area (Å²) < 4.78 is 17.1. The van der Waals surface area contributed by atoms with E-state index in [9.17, 15) is 4.79 Å². The van der Waals surface area contributed by atoms with Gasteiger partial charge in [0.25, 0.3) is 0 Å². The number of hydrogen-bond donors (Lipinski definition) is 0. The highest BCUT2D eigenvalue weighted by Gasteiger charge is 2.10. The molecule has 0 N–H and O–H groups in total. The van der Waals surface area contributed by atoms with Crippen molar-refractivity contribution in [2.24, 2.45) is 0 Å². The maximum absolute atomic E-state index is 12.5. The Morgan fingerprint density at radius 3 is 2.48 bits per heavy atom. The largest absolute Gasteiger partial charge is 0.497 e. The van der Waals surface area contributed by atoms with Crippen molar-refractivity contribution in [3.05, 3.63) is 58.8 Å². The lowest BCUT2D eigenvalue weighted by atomic mass is 10.1. The number of fused-ring (bicyclic) bond motifs is 1. The summed E-state index contributed by atoms with van der Waals surface area (Å²) in [6.45, 7) is 4.14. The van der Waals surface area contributed by atoms with Crippen LogP contribution in [-0.4, -0.2) is 38.3 Å². The van der Waals surface area contributed by atoms with Crippen molar-refractivity contribution in [3.63, 3.8) is 0 Å². The van der Waals surface area contributed by atoms with Gasteiger partial charge in [0.15, 0.2) is 5.43 Å². The molecule has 0 amide bonds. The smallest absolute Gasteiger partial charge is 0.193 e. The van der Waals surface area contributed by atoms with Crippen molar-refractivity contribution in [3.8, 4) is 22.8 Å². The first-order valence-electron chi connectivity index (χ1n) is 10.3. The van der Waals surface area contributed by atoms with Gasteiger partial charge in [-0.05, 0) is 68.8 Å². The van der Waals surface area contributed by atoms with Crippen LogP contribution in [-0.2, 0) is 0 Å². The van der Waals surface area contributed by atoms with Crippen LogP contribution in [0.25, 0.3) is 22.3 Å². The van der Waals surface area contributed by atoms with Gasteiger partial charge in [-0.15, -0.1) is 0 Å². The van der Waals surface area contributed by atoms with Gasteiger partial charge >= 0.3 is 0 Å². The average Bonchev–Trinajstić information content (AvgIpc) is 2.77. The lowest BCUT2D eigenvalue weighted by molar-refractivity contribution is 0.205. The predicted octanol–water partition coefficient (Wildman–Crippen LogP) is 4.72. The van der Waals surface area contributed by atoms with Gasteiger partial charge in [-0.25, -0.2) is 0 Å². The van der Waals surface area contributed by atoms with E-state index in [1.54, 1.807) is 13.2 Å². The third kappa shape index (κ3) is 4.80. The molecule has 5 nitrogen and oxygen atoms in total. The summed E-state index contributed by atoms with van der Waals surface area (Å²) in [5, 5.41) is 0.558. The highest BCUT2D eigenvalue weighted by Crippen LogP contribution is 2.26. The lowest BCUT2D eigenvalue weighted by Crippen LogP contribution is -2.31. The highest BCUT2D eigenvalue weighted by molar-refractivity contribution is 5.80. The van der Waals surface area contributed by atoms with E-state index in [4.69, 9.17) is 13.9 Å². The Hall–Kier alpha value is -2.79. The summed E-state index contributed by atoms with van der Waals surface area (Å²) >= 11 is 0. The molecular weight excluding hydrogens is 366 g/mol. The first kappa shape index (κ1) is 19.5. The SMILES string of the molecule is COc1ccc(-c2cc(=O)c3ccc(OCCCN4CCCCC4)cc3o2)cc1. The molecule has 1 saturated heterocycles. The Morgan fingerprint density at radius 2 is 1.72 bits per heavy atom. The minimum absolute atomic E-state index is 0.0614.